The van der Waals surface area contributed by atoms with E-state index in [1.54, 1.807) is 0 Å². The molecule has 6 nitrogen and oxygen atoms in total. The molecule has 6 heteroatoms. The van der Waals surface area contributed by atoms with Crippen molar-refractivity contribution in [2.45, 2.75) is 46.6 Å². The van der Waals surface area contributed by atoms with Crippen LogP contribution in [0.3, 0.4) is 0 Å². The SMILES string of the molecule is CC(O)OCC(C)(COC(C)O)COC(C)O. The van der Waals surface area contributed by atoms with Crippen molar-refractivity contribution < 1.29 is 29.5 Å². The van der Waals surface area contributed by atoms with Gasteiger partial charge in [0.2, 0.25) is 0 Å². The van der Waals surface area contributed by atoms with E-state index in [1.165, 1.54) is 20.8 Å². The Kier molecular flexibility index (Phi) is 7.85. The van der Waals surface area contributed by atoms with Crippen molar-refractivity contribution >= 4 is 0 Å². The topological polar surface area (TPSA) is 88.4 Å². The van der Waals surface area contributed by atoms with Crippen molar-refractivity contribution in [1.29, 1.82) is 0 Å². The molecule has 0 aromatic rings. The van der Waals surface area contributed by atoms with E-state index in [1.807, 2.05) is 6.92 Å². The Morgan fingerprint density at radius 1 is 0.765 bits per heavy atom. The lowest BCUT2D eigenvalue weighted by molar-refractivity contribution is -0.183. The first-order chi connectivity index (χ1) is 7.75. The first kappa shape index (κ1) is 16.8. The zero-order valence-electron chi connectivity index (χ0n) is 10.9. The zero-order valence-corrected chi connectivity index (χ0v) is 10.9. The molecule has 3 atom stereocenters. The van der Waals surface area contributed by atoms with Crippen molar-refractivity contribution in [1.82, 2.24) is 0 Å². The van der Waals surface area contributed by atoms with Crippen molar-refractivity contribution in [3.8, 4) is 0 Å². The Morgan fingerprint density at radius 2 is 1.00 bits per heavy atom. The predicted molar refractivity (Wildman–Crippen MR) is 61.0 cm³/mol. The van der Waals surface area contributed by atoms with Crippen LogP contribution in [-0.4, -0.2) is 54.0 Å². The molecular weight excluding hydrogens is 228 g/mol. The van der Waals surface area contributed by atoms with Gasteiger partial charge in [0.1, 0.15) is 0 Å². The third kappa shape index (κ3) is 9.46. The average Bonchev–Trinajstić information content (AvgIpc) is 2.21. The Bertz CT molecular complexity index is 161. The number of ether oxygens (including phenoxy) is 3. The van der Waals surface area contributed by atoms with E-state index in [0.29, 0.717) is 0 Å². The minimum absolute atomic E-state index is 0.199. The van der Waals surface area contributed by atoms with Gasteiger partial charge in [-0.15, -0.1) is 0 Å². The van der Waals surface area contributed by atoms with Crippen LogP contribution in [0.2, 0.25) is 0 Å². The fourth-order valence-electron chi connectivity index (χ4n) is 1.09. The molecule has 0 saturated heterocycles. The number of aliphatic hydroxyl groups excluding tert-OH is 3. The highest BCUT2D eigenvalue weighted by molar-refractivity contribution is 4.73. The van der Waals surface area contributed by atoms with Crippen molar-refractivity contribution in [3.05, 3.63) is 0 Å². The van der Waals surface area contributed by atoms with Gasteiger partial charge in [-0.2, -0.15) is 0 Å². The predicted octanol–water partition coefficient (Wildman–Crippen LogP) is 0.0574. The average molecular weight is 252 g/mol. The zero-order chi connectivity index (χ0) is 13.5. The van der Waals surface area contributed by atoms with Crippen LogP contribution >= 0.6 is 0 Å². The van der Waals surface area contributed by atoms with Gasteiger partial charge >= 0.3 is 0 Å². The van der Waals surface area contributed by atoms with Gasteiger partial charge in [0, 0.05) is 5.41 Å². The molecule has 0 radical (unpaired) electrons. The molecule has 0 bridgehead atoms. The van der Waals surface area contributed by atoms with Crippen LogP contribution in [0.4, 0.5) is 0 Å². The molecule has 3 unspecified atom stereocenters. The van der Waals surface area contributed by atoms with E-state index in [0.717, 1.165) is 0 Å². The molecule has 104 valence electrons. The number of aliphatic hydroxyl groups is 3. The summed E-state index contributed by atoms with van der Waals surface area (Å²) in [5.41, 5.74) is -0.551. The van der Waals surface area contributed by atoms with Gasteiger partial charge in [-0.3, -0.25) is 0 Å². The fourth-order valence-corrected chi connectivity index (χ4v) is 1.09. The minimum Gasteiger partial charge on any atom is -0.368 e. The molecule has 0 heterocycles. The second kappa shape index (κ2) is 7.97. The van der Waals surface area contributed by atoms with E-state index in [4.69, 9.17) is 29.5 Å². The van der Waals surface area contributed by atoms with Crippen LogP contribution < -0.4 is 0 Å². The van der Waals surface area contributed by atoms with E-state index >= 15 is 0 Å². The fraction of sp³-hybridized carbons (Fsp3) is 1.00. The second-order valence-electron chi connectivity index (χ2n) is 4.54. The molecular formula is C11H24O6. The molecule has 0 aromatic heterocycles. The minimum atomic E-state index is -0.882. The Morgan fingerprint density at radius 3 is 1.18 bits per heavy atom. The standard InChI is InChI=1S/C11H24O6/c1-8(12)15-5-11(4,6-16-9(2)13)7-17-10(3)14/h8-10,12-14H,5-7H2,1-4H3. The molecule has 0 amide bonds. The summed E-state index contributed by atoms with van der Waals surface area (Å²) >= 11 is 0. The third-order valence-corrected chi connectivity index (χ3v) is 2.02. The first-order valence-corrected chi connectivity index (χ1v) is 5.64. The molecule has 0 fully saturated rings. The van der Waals surface area contributed by atoms with Gasteiger partial charge in [0.15, 0.2) is 18.9 Å². The highest BCUT2D eigenvalue weighted by Gasteiger charge is 2.28. The molecule has 0 spiro atoms. The van der Waals surface area contributed by atoms with Crippen molar-refractivity contribution in [2.75, 3.05) is 19.8 Å². The van der Waals surface area contributed by atoms with Gasteiger partial charge in [-0.25, -0.2) is 0 Å². The number of hydrogen-bond acceptors (Lipinski definition) is 6. The number of rotatable bonds is 9. The molecule has 0 saturated carbocycles. The van der Waals surface area contributed by atoms with Crippen LogP contribution in [0.5, 0.6) is 0 Å². The lowest BCUT2D eigenvalue weighted by Gasteiger charge is -2.30. The van der Waals surface area contributed by atoms with Crippen LogP contribution in [0.15, 0.2) is 0 Å². The smallest absolute Gasteiger partial charge is 0.151 e. The molecule has 17 heavy (non-hydrogen) atoms. The molecule has 0 aliphatic carbocycles. The van der Waals surface area contributed by atoms with Crippen LogP contribution in [0, 0.1) is 5.41 Å². The van der Waals surface area contributed by atoms with Crippen molar-refractivity contribution in [2.24, 2.45) is 5.41 Å². The summed E-state index contributed by atoms with van der Waals surface area (Å²) in [6.45, 7) is 6.93. The van der Waals surface area contributed by atoms with Crippen LogP contribution in [0.1, 0.15) is 27.7 Å². The maximum absolute atomic E-state index is 9.07. The van der Waals surface area contributed by atoms with Crippen LogP contribution in [-0.2, 0) is 14.2 Å². The Hall–Kier alpha value is -0.240. The summed E-state index contributed by atoms with van der Waals surface area (Å²) in [5.74, 6) is 0. The van der Waals surface area contributed by atoms with E-state index in [2.05, 4.69) is 0 Å². The molecule has 0 aromatic carbocycles. The van der Waals surface area contributed by atoms with Gasteiger partial charge in [-0.05, 0) is 20.8 Å². The van der Waals surface area contributed by atoms with Gasteiger partial charge in [-0.1, -0.05) is 6.92 Å². The number of hydrogen-bond donors (Lipinski definition) is 3. The maximum Gasteiger partial charge on any atom is 0.151 e. The van der Waals surface area contributed by atoms with Crippen molar-refractivity contribution in [3.63, 3.8) is 0 Å². The second-order valence-corrected chi connectivity index (χ2v) is 4.54. The quantitative estimate of drug-likeness (QED) is 0.503. The molecule has 0 aliphatic heterocycles. The highest BCUT2D eigenvalue weighted by atomic mass is 16.6. The van der Waals surface area contributed by atoms with Gasteiger partial charge < -0.3 is 29.5 Å². The van der Waals surface area contributed by atoms with Gasteiger partial charge in [0.25, 0.3) is 0 Å². The molecule has 0 rings (SSSR count). The highest BCUT2D eigenvalue weighted by Crippen LogP contribution is 2.20. The maximum atomic E-state index is 9.07. The summed E-state index contributed by atoms with van der Waals surface area (Å²) in [6.07, 6.45) is -2.65. The Balaban J connectivity index is 4.23. The lowest BCUT2D eigenvalue weighted by Crippen LogP contribution is -2.37. The van der Waals surface area contributed by atoms with E-state index in [-0.39, 0.29) is 19.8 Å². The summed E-state index contributed by atoms with van der Waals surface area (Å²) in [4.78, 5) is 0. The lowest BCUT2D eigenvalue weighted by atomic mass is 9.94. The van der Waals surface area contributed by atoms with E-state index < -0.39 is 24.3 Å². The summed E-state index contributed by atoms with van der Waals surface area (Å²) in [7, 11) is 0. The molecule has 3 N–H and O–H groups in total. The monoisotopic (exact) mass is 252 g/mol. The molecule has 0 aliphatic rings. The summed E-state index contributed by atoms with van der Waals surface area (Å²) in [6, 6.07) is 0. The normalized spacial score (nSPS) is 20.6. The first-order valence-electron chi connectivity index (χ1n) is 5.64. The largest absolute Gasteiger partial charge is 0.368 e. The van der Waals surface area contributed by atoms with Crippen LogP contribution in [0.25, 0.3) is 0 Å². The third-order valence-electron chi connectivity index (χ3n) is 2.02. The summed E-state index contributed by atoms with van der Waals surface area (Å²) in [5, 5.41) is 27.2. The van der Waals surface area contributed by atoms with E-state index in [9.17, 15) is 0 Å². The Labute approximate surface area is 102 Å². The van der Waals surface area contributed by atoms with Gasteiger partial charge in [0.05, 0.1) is 19.8 Å². The summed E-state index contributed by atoms with van der Waals surface area (Å²) < 4.78 is 15.3.